The molecule has 0 aliphatic rings. The molecule has 0 aliphatic carbocycles. The van der Waals surface area contributed by atoms with E-state index in [1.54, 1.807) is 52.1 Å². The van der Waals surface area contributed by atoms with Crippen molar-refractivity contribution < 1.29 is 9.59 Å². The summed E-state index contributed by atoms with van der Waals surface area (Å²) >= 11 is 6.09. The smallest absolute Gasteiger partial charge is 0.228 e. The Morgan fingerprint density at radius 1 is 1.06 bits per heavy atom. The molecule has 0 bridgehead atoms. The summed E-state index contributed by atoms with van der Waals surface area (Å²) in [6.07, 6.45) is 5.73. The first kappa shape index (κ1) is 21.5. The van der Waals surface area contributed by atoms with Crippen LogP contribution in [0, 0.1) is 6.92 Å². The van der Waals surface area contributed by atoms with Crippen LogP contribution in [-0.4, -0.2) is 31.3 Å². The lowest BCUT2D eigenvalue weighted by Crippen LogP contribution is -2.14. The van der Waals surface area contributed by atoms with E-state index in [0.29, 0.717) is 16.3 Å². The van der Waals surface area contributed by atoms with Crippen molar-refractivity contribution in [1.29, 1.82) is 0 Å². The van der Waals surface area contributed by atoms with E-state index < -0.39 is 0 Å². The van der Waals surface area contributed by atoms with Gasteiger partial charge in [-0.2, -0.15) is 10.2 Å². The molecule has 7 nitrogen and oxygen atoms in total. The van der Waals surface area contributed by atoms with E-state index >= 15 is 0 Å². The second kappa shape index (κ2) is 9.20. The standard InChI is InChI=1S/C24H22ClN5O2/c1-16-19(15-29(2)28-16)12-23(31)18-6-5-7-20(11-18)30-14-17(13-26-30)10-24(32)27-22-9-4-3-8-21(22)25/h3-9,11,13-15H,10,12H2,1-2H3,(H,27,32). The fraction of sp³-hybridized carbons (Fsp3) is 0.167. The molecule has 0 unspecified atom stereocenters. The van der Waals surface area contributed by atoms with Gasteiger partial charge in [0, 0.05) is 37.0 Å². The number of nitrogens with zero attached hydrogens (tertiary/aromatic N) is 4. The van der Waals surface area contributed by atoms with Crippen molar-refractivity contribution in [3.8, 4) is 5.69 Å². The van der Waals surface area contributed by atoms with Crippen LogP contribution in [0.1, 0.15) is 27.2 Å². The van der Waals surface area contributed by atoms with Crippen LogP contribution in [0.2, 0.25) is 5.02 Å². The van der Waals surface area contributed by atoms with Crippen LogP contribution in [0.25, 0.3) is 5.69 Å². The first-order chi connectivity index (χ1) is 15.4. The Bertz CT molecular complexity index is 1290. The molecule has 0 saturated heterocycles. The molecule has 162 valence electrons. The normalized spacial score (nSPS) is 10.8. The monoisotopic (exact) mass is 447 g/mol. The van der Waals surface area contributed by atoms with Gasteiger partial charge in [0.05, 0.1) is 34.7 Å². The summed E-state index contributed by atoms with van der Waals surface area (Å²) < 4.78 is 3.37. The van der Waals surface area contributed by atoms with Crippen molar-refractivity contribution in [2.75, 3.05) is 5.32 Å². The van der Waals surface area contributed by atoms with Crippen molar-refractivity contribution in [3.63, 3.8) is 0 Å². The number of ketones is 1. The second-order valence-corrected chi connectivity index (χ2v) is 7.97. The summed E-state index contributed by atoms with van der Waals surface area (Å²) in [6, 6.07) is 14.4. The van der Waals surface area contributed by atoms with Crippen LogP contribution in [-0.2, 0) is 24.7 Å². The van der Waals surface area contributed by atoms with Gasteiger partial charge in [-0.25, -0.2) is 4.68 Å². The van der Waals surface area contributed by atoms with E-state index in [9.17, 15) is 9.59 Å². The number of Topliss-reactive ketones (excluding diaryl/α,β-unsaturated/α-hetero) is 1. The molecule has 2 aromatic heterocycles. The largest absolute Gasteiger partial charge is 0.324 e. The minimum Gasteiger partial charge on any atom is -0.324 e. The average Bonchev–Trinajstić information content (AvgIpc) is 3.35. The number of hydrogen-bond acceptors (Lipinski definition) is 4. The Morgan fingerprint density at radius 2 is 1.88 bits per heavy atom. The number of amides is 1. The number of carbonyl (C=O) groups is 2. The lowest BCUT2D eigenvalue weighted by atomic mass is 10.0. The van der Waals surface area contributed by atoms with Crippen molar-refractivity contribution in [1.82, 2.24) is 19.6 Å². The van der Waals surface area contributed by atoms with Gasteiger partial charge in [0.25, 0.3) is 0 Å². The van der Waals surface area contributed by atoms with E-state index in [1.165, 1.54) is 0 Å². The number of hydrogen-bond donors (Lipinski definition) is 1. The zero-order chi connectivity index (χ0) is 22.7. The van der Waals surface area contributed by atoms with Crippen molar-refractivity contribution in [2.24, 2.45) is 7.05 Å². The molecule has 32 heavy (non-hydrogen) atoms. The average molecular weight is 448 g/mol. The van der Waals surface area contributed by atoms with Crippen LogP contribution in [0.3, 0.4) is 0 Å². The Labute approximate surface area is 190 Å². The SMILES string of the molecule is Cc1nn(C)cc1CC(=O)c1cccc(-n2cc(CC(=O)Nc3ccccc3Cl)cn2)c1. The summed E-state index contributed by atoms with van der Waals surface area (Å²) in [4.78, 5) is 25.1. The number of para-hydroxylation sites is 1. The number of nitrogens with one attached hydrogen (secondary N) is 1. The molecule has 0 radical (unpaired) electrons. The number of anilines is 1. The van der Waals surface area contributed by atoms with Crippen LogP contribution in [0.5, 0.6) is 0 Å². The van der Waals surface area contributed by atoms with Gasteiger partial charge in [0.1, 0.15) is 0 Å². The Morgan fingerprint density at radius 3 is 2.62 bits per heavy atom. The Kier molecular flexibility index (Phi) is 6.18. The van der Waals surface area contributed by atoms with Gasteiger partial charge in [0.2, 0.25) is 5.91 Å². The number of halogens is 1. The highest BCUT2D eigenvalue weighted by Crippen LogP contribution is 2.21. The second-order valence-electron chi connectivity index (χ2n) is 7.56. The third kappa shape index (κ3) is 4.95. The quantitative estimate of drug-likeness (QED) is 0.431. The molecule has 0 saturated carbocycles. The lowest BCUT2D eigenvalue weighted by Gasteiger charge is -2.06. The molecule has 2 aromatic carbocycles. The molecule has 1 amide bonds. The first-order valence-electron chi connectivity index (χ1n) is 10.1. The predicted molar refractivity (Wildman–Crippen MR) is 123 cm³/mol. The molecule has 1 N–H and O–H groups in total. The van der Waals surface area contributed by atoms with Crippen LogP contribution < -0.4 is 5.32 Å². The molecule has 4 aromatic rings. The highest BCUT2D eigenvalue weighted by atomic mass is 35.5. The maximum atomic E-state index is 12.8. The zero-order valence-corrected chi connectivity index (χ0v) is 18.5. The molecule has 0 aliphatic heterocycles. The topological polar surface area (TPSA) is 81.8 Å². The van der Waals surface area contributed by atoms with E-state index in [1.807, 2.05) is 38.4 Å². The lowest BCUT2D eigenvalue weighted by molar-refractivity contribution is -0.115. The van der Waals surface area contributed by atoms with Crippen molar-refractivity contribution >= 4 is 29.0 Å². The molecule has 8 heteroatoms. The van der Waals surface area contributed by atoms with Gasteiger partial charge in [-0.15, -0.1) is 0 Å². The third-order valence-electron chi connectivity index (χ3n) is 5.05. The number of carbonyl (C=O) groups excluding carboxylic acids is 2. The fourth-order valence-electron chi connectivity index (χ4n) is 3.45. The summed E-state index contributed by atoms with van der Waals surface area (Å²) in [6.45, 7) is 1.90. The van der Waals surface area contributed by atoms with Gasteiger partial charge >= 0.3 is 0 Å². The van der Waals surface area contributed by atoms with Gasteiger partial charge in [0.15, 0.2) is 5.78 Å². The molecule has 0 atom stereocenters. The summed E-state index contributed by atoms with van der Waals surface area (Å²) in [5.41, 5.74) is 4.42. The minimum atomic E-state index is -0.187. The van der Waals surface area contributed by atoms with E-state index in [-0.39, 0.29) is 24.5 Å². The molecule has 0 spiro atoms. The van der Waals surface area contributed by atoms with Gasteiger partial charge in [-0.05, 0) is 36.8 Å². The summed E-state index contributed by atoms with van der Waals surface area (Å²) in [5, 5.41) is 11.9. The zero-order valence-electron chi connectivity index (χ0n) is 17.7. The number of rotatable bonds is 7. The molecule has 4 rings (SSSR count). The highest BCUT2D eigenvalue weighted by Gasteiger charge is 2.13. The van der Waals surface area contributed by atoms with Crippen molar-refractivity contribution in [2.45, 2.75) is 19.8 Å². The molecule has 0 fully saturated rings. The van der Waals surface area contributed by atoms with Crippen molar-refractivity contribution in [3.05, 3.63) is 94.5 Å². The summed E-state index contributed by atoms with van der Waals surface area (Å²) in [7, 11) is 1.84. The Hall–Kier alpha value is -3.71. The molecular formula is C24H22ClN5O2. The third-order valence-corrected chi connectivity index (χ3v) is 5.38. The maximum absolute atomic E-state index is 12.8. The minimum absolute atomic E-state index is 0.00875. The number of benzene rings is 2. The van der Waals surface area contributed by atoms with E-state index in [2.05, 4.69) is 15.5 Å². The predicted octanol–water partition coefficient (Wildman–Crippen LogP) is 4.17. The van der Waals surface area contributed by atoms with Gasteiger partial charge in [-0.1, -0.05) is 35.9 Å². The number of aryl methyl sites for hydroxylation is 2. The highest BCUT2D eigenvalue weighted by molar-refractivity contribution is 6.33. The van der Waals surface area contributed by atoms with E-state index in [4.69, 9.17) is 11.6 Å². The van der Waals surface area contributed by atoms with Gasteiger partial charge in [-0.3, -0.25) is 14.3 Å². The molecule has 2 heterocycles. The first-order valence-corrected chi connectivity index (χ1v) is 10.5. The van der Waals surface area contributed by atoms with Crippen LogP contribution in [0.15, 0.2) is 67.1 Å². The fourth-order valence-corrected chi connectivity index (χ4v) is 3.64. The maximum Gasteiger partial charge on any atom is 0.228 e. The van der Waals surface area contributed by atoms with Gasteiger partial charge < -0.3 is 5.32 Å². The van der Waals surface area contributed by atoms with Crippen LogP contribution >= 0.6 is 11.6 Å². The van der Waals surface area contributed by atoms with E-state index in [0.717, 1.165) is 22.5 Å². The molecular weight excluding hydrogens is 426 g/mol. The Balaban J connectivity index is 1.45. The number of aromatic nitrogens is 4. The van der Waals surface area contributed by atoms with Crippen LogP contribution in [0.4, 0.5) is 5.69 Å². The summed E-state index contributed by atoms with van der Waals surface area (Å²) in [5.74, 6) is -0.178.